The maximum atomic E-state index is 13.4. The van der Waals surface area contributed by atoms with Crippen molar-refractivity contribution in [1.29, 1.82) is 5.26 Å². The number of carbonyl (C=O) groups excluding carboxylic acids is 1. The summed E-state index contributed by atoms with van der Waals surface area (Å²) in [5.41, 5.74) is 4.88. The lowest BCUT2D eigenvalue weighted by molar-refractivity contribution is -0.130. The van der Waals surface area contributed by atoms with E-state index in [0.29, 0.717) is 12.3 Å². The highest BCUT2D eigenvalue weighted by Gasteiger charge is 2.50. The zero-order chi connectivity index (χ0) is 26.9. The van der Waals surface area contributed by atoms with Crippen LogP contribution in [0.1, 0.15) is 45.6 Å². The first-order chi connectivity index (χ1) is 18.2. The van der Waals surface area contributed by atoms with Crippen molar-refractivity contribution < 1.29 is 9.53 Å². The zero-order valence-electron chi connectivity index (χ0n) is 22.3. The smallest absolute Gasteiger partial charge is 0.244 e. The molecule has 0 radical (unpaired) electrons. The molecule has 196 valence electrons. The van der Waals surface area contributed by atoms with E-state index >= 15 is 0 Å². The Morgan fingerprint density at radius 3 is 2.39 bits per heavy atom. The number of H-pyrrole nitrogens is 1. The maximum absolute atomic E-state index is 13.4. The van der Waals surface area contributed by atoms with Gasteiger partial charge in [0.1, 0.15) is 17.7 Å². The number of piperidine rings is 1. The monoisotopic (exact) mass is 509 g/mol. The summed E-state index contributed by atoms with van der Waals surface area (Å²) in [5, 5.41) is 19.8. The van der Waals surface area contributed by atoms with E-state index in [0.717, 1.165) is 47.2 Å². The third-order valence-electron chi connectivity index (χ3n) is 7.46. The van der Waals surface area contributed by atoms with Crippen molar-refractivity contribution >= 4 is 5.91 Å². The van der Waals surface area contributed by atoms with E-state index in [4.69, 9.17) is 4.74 Å². The molecule has 2 N–H and O–H groups in total. The highest BCUT2D eigenvalue weighted by molar-refractivity contribution is 5.83. The molecule has 1 amide bonds. The second-order valence-corrected chi connectivity index (χ2v) is 11.3. The van der Waals surface area contributed by atoms with Gasteiger partial charge in [0.25, 0.3) is 0 Å². The van der Waals surface area contributed by atoms with Crippen LogP contribution in [-0.2, 0) is 16.0 Å². The number of hydrogen-bond donors (Lipinski definition) is 2. The van der Waals surface area contributed by atoms with E-state index < -0.39 is 6.04 Å². The summed E-state index contributed by atoms with van der Waals surface area (Å²) in [6.45, 7) is 10.1. The number of benzene rings is 2. The number of aromatic nitrogens is 2. The number of nitrogens with zero attached hydrogens (tertiary/aromatic N) is 3. The van der Waals surface area contributed by atoms with E-state index in [1.807, 2.05) is 39.0 Å². The van der Waals surface area contributed by atoms with Gasteiger partial charge in [-0.2, -0.15) is 10.4 Å². The van der Waals surface area contributed by atoms with Crippen molar-refractivity contribution in [2.24, 2.45) is 5.92 Å². The Bertz CT molecular complexity index is 1320. The molecular formula is C31H35N5O2. The number of aromatic amines is 1. The average Bonchev–Trinajstić information content (AvgIpc) is 3.66. The van der Waals surface area contributed by atoms with E-state index in [1.54, 1.807) is 6.20 Å². The molecule has 1 aromatic heterocycles. The summed E-state index contributed by atoms with van der Waals surface area (Å²) >= 11 is 0. The Balaban J connectivity index is 1.22. The number of nitrogens with one attached hydrogen (secondary N) is 2. The largest absolute Gasteiger partial charge is 0.474 e. The molecule has 38 heavy (non-hydrogen) atoms. The van der Waals surface area contributed by atoms with Crippen LogP contribution in [0.3, 0.4) is 0 Å². The van der Waals surface area contributed by atoms with Gasteiger partial charge in [0.15, 0.2) is 5.88 Å². The minimum atomic E-state index is -0.611. The molecule has 4 atom stereocenters. The van der Waals surface area contributed by atoms with Gasteiger partial charge in [0, 0.05) is 18.7 Å². The van der Waals surface area contributed by atoms with Crippen LogP contribution in [0.15, 0.2) is 73.3 Å². The number of ether oxygens (including phenoxy) is 1. The number of amides is 1. The van der Waals surface area contributed by atoms with Gasteiger partial charge in [0.05, 0.1) is 11.8 Å². The molecule has 0 spiro atoms. The summed E-state index contributed by atoms with van der Waals surface area (Å²) in [6.07, 6.45) is 5.21. The van der Waals surface area contributed by atoms with Crippen LogP contribution in [0.25, 0.3) is 22.4 Å². The first-order valence-electron chi connectivity index (χ1n) is 13.3. The van der Waals surface area contributed by atoms with E-state index in [-0.39, 0.29) is 29.5 Å². The highest BCUT2D eigenvalue weighted by Crippen LogP contribution is 2.45. The topological polar surface area (TPSA) is 94.0 Å². The van der Waals surface area contributed by atoms with Gasteiger partial charge in [-0.3, -0.25) is 9.89 Å². The molecule has 1 aliphatic carbocycles. The van der Waals surface area contributed by atoms with Crippen molar-refractivity contribution in [3.8, 4) is 28.5 Å². The molecule has 2 aromatic carbocycles. The molecule has 1 aliphatic heterocycles. The first kappa shape index (κ1) is 25.6. The lowest BCUT2D eigenvalue weighted by atomic mass is 9.96. The molecule has 1 saturated heterocycles. The fourth-order valence-electron chi connectivity index (χ4n) is 5.80. The van der Waals surface area contributed by atoms with Crippen LogP contribution in [0, 0.1) is 17.2 Å². The van der Waals surface area contributed by atoms with Crippen LogP contribution in [0.5, 0.6) is 0 Å². The summed E-state index contributed by atoms with van der Waals surface area (Å²) in [6, 6.07) is 20.0. The lowest BCUT2D eigenvalue weighted by Crippen LogP contribution is -2.52. The number of fused-ring (bicyclic) bond motifs is 2. The van der Waals surface area contributed by atoms with Crippen LogP contribution in [0.4, 0.5) is 0 Å². The van der Waals surface area contributed by atoms with Gasteiger partial charge in [-0.15, -0.1) is 0 Å². The Morgan fingerprint density at radius 2 is 1.79 bits per heavy atom. The normalized spacial score (nSPS) is 21.1. The van der Waals surface area contributed by atoms with E-state index in [2.05, 4.69) is 69.5 Å². The summed E-state index contributed by atoms with van der Waals surface area (Å²) in [5.74, 6) is 0.696. The molecule has 1 saturated carbocycles. The quantitative estimate of drug-likeness (QED) is 0.395. The molecule has 2 fully saturated rings. The Morgan fingerprint density at radius 1 is 1.13 bits per heavy atom. The van der Waals surface area contributed by atoms with Gasteiger partial charge in [-0.1, -0.05) is 48.5 Å². The SMILES string of the molecule is C=C(OC(C)(C)C)N1[C@@H]2CC[C@@H](C2)[C@H]1C(=O)N[C@H](C#N)Cc1ccc(-c2ccc(-c3ccn[nH]3)cc2)cc1. The summed E-state index contributed by atoms with van der Waals surface area (Å²) < 4.78 is 6.04. The third-order valence-corrected chi connectivity index (χ3v) is 7.46. The zero-order valence-corrected chi connectivity index (χ0v) is 22.3. The second kappa shape index (κ2) is 10.4. The molecule has 7 heteroatoms. The molecule has 0 unspecified atom stereocenters. The van der Waals surface area contributed by atoms with Crippen molar-refractivity contribution in [1.82, 2.24) is 20.4 Å². The number of hydrogen-bond acceptors (Lipinski definition) is 5. The minimum absolute atomic E-state index is 0.114. The molecular weight excluding hydrogens is 474 g/mol. The Labute approximate surface area is 224 Å². The van der Waals surface area contributed by atoms with Crippen molar-refractivity contribution in [3.05, 3.63) is 78.8 Å². The molecule has 2 aliphatic rings. The van der Waals surface area contributed by atoms with Crippen molar-refractivity contribution in [3.63, 3.8) is 0 Å². The van der Waals surface area contributed by atoms with E-state index in [1.165, 1.54) is 0 Å². The van der Waals surface area contributed by atoms with Gasteiger partial charge in [0.2, 0.25) is 5.91 Å². The predicted octanol–water partition coefficient (Wildman–Crippen LogP) is 5.43. The summed E-state index contributed by atoms with van der Waals surface area (Å²) in [7, 11) is 0. The predicted molar refractivity (Wildman–Crippen MR) is 147 cm³/mol. The standard InChI is InChI=1S/C31H35N5O2/c1-20(38-31(2,3)4)36-27-14-13-25(18-27)29(36)30(37)34-26(19-32)17-21-5-7-22(8-6-21)23-9-11-24(12-10-23)28-15-16-33-35-28/h5-12,15-16,25-27,29H,1,13-14,17-18H2,2-4H3,(H,33,35)(H,34,37)/t25-,26-,27+,29-/m0/s1. The molecule has 3 aromatic rings. The van der Waals surface area contributed by atoms with Crippen LogP contribution in [0.2, 0.25) is 0 Å². The first-order valence-corrected chi connectivity index (χ1v) is 13.3. The maximum Gasteiger partial charge on any atom is 0.244 e. The highest BCUT2D eigenvalue weighted by atomic mass is 16.5. The second-order valence-electron chi connectivity index (χ2n) is 11.3. The van der Waals surface area contributed by atoms with Crippen molar-refractivity contribution in [2.45, 2.75) is 70.2 Å². The van der Waals surface area contributed by atoms with Gasteiger partial charge >= 0.3 is 0 Å². The van der Waals surface area contributed by atoms with E-state index in [9.17, 15) is 10.1 Å². The van der Waals surface area contributed by atoms with Crippen LogP contribution >= 0.6 is 0 Å². The van der Waals surface area contributed by atoms with Gasteiger partial charge in [-0.05, 0) is 80.9 Å². The average molecular weight is 510 g/mol. The third kappa shape index (κ3) is 5.45. The molecule has 7 nitrogen and oxygen atoms in total. The van der Waals surface area contributed by atoms with Gasteiger partial charge < -0.3 is 15.0 Å². The lowest BCUT2D eigenvalue weighted by Gasteiger charge is -2.39. The summed E-state index contributed by atoms with van der Waals surface area (Å²) in [4.78, 5) is 15.5. The number of nitriles is 1. The molecule has 2 heterocycles. The number of rotatable bonds is 8. The fourth-order valence-corrected chi connectivity index (χ4v) is 5.80. The molecule has 5 rings (SSSR count). The number of likely N-dealkylation sites (tertiary alicyclic amines) is 1. The molecule has 2 bridgehead atoms. The van der Waals surface area contributed by atoms with Crippen LogP contribution in [-0.4, -0.2) is 44.7 Å². The Hall–Kier alpha value is -4.05. The van der Waals surface area contributed by atoms with Crippen LogP contribution < -0.4 is 5.32 Å². The van der Waals surface area contributed by atoms with Gasteiger partial charge in [-0.25, -0.2) is 0 Å². The van der Waals surface area contributed by atoms with Crippen molar-refractivity contribution in [2.75, 3.05) is 0 Å². The number of carbonyl (C=O) groups is 1. The minimum Gasteiger partial charge on any atom is -0.474 e. The Kier molecular flexibility index (Phi) is 6.98. The fraction of sp³-hybridized carbons (Fsp3) is 0.387.